The minimum Gasteiger partial charge on any atom is -0.456 e. The lowest BCUT2D eigenvalue weighted by Gasteiger charge is -2.23. The lowest BCUT2D eigenvalue weighted by Crippen LogP contribution is -2.11. The zero-order chi connectivity index (χ0) is 18.5. The van der Waals surface area contributed by atoms with Crippen LogP contribution in [0.5, 0.6) is 0 Å². The lowest BCUT2D eigenvalue weighted by molar-refractivity contribution is 0.468. The van der Waals surface area contributed by atoms with Crippen LogP contribution in [0.3, 0.4) is 0 Å². The van der Waals surface area contributed by atoms with Gasteiger partial charge in [0.1, 0.15) is 11.5 Å². The van der Waals surface area contributed by atoms with Crippen LogP contribution in [0, 0.1) is 0 Å². The Labute approximate surface area is 159 Å². The third kappa shape index (κ3) is 4.28. The molecule has 1 heterocycles. The van der Waals surface area contributed by atoms with E-state index in [9.17, 15) is 4.57 Å². The number of hydrogen-bond acceptors (Lipinski definition) is 2. The maximum Gasteiger partial charge on any atom is 0.198 e. The van der Waals surface area contributed by atoms with E-state index in [1.54, 1.807) is 11.6 Å². The van der Waals surface area contributed by atoms with Crippen LogP contribution in [0.15, 0.2) is 103 Å². The van der Waals surface area contributed by atoms with Crippen molar-refractivity contribution in [2.75, 3.05) is 0 Å². The van der Waals surface area contributed by atoms with Gasteiger partial charge in [-0.25, -0.2) is 0 Å². The molecule has 3 aromatic rings. The monoisotopic (exact) mass is 373 g/mol. The summed E-state index contributed by atoms with van der Waals surface area (Å²) in [7, 11) is -2.92. The van der Waals surface area contributed by atoms with Gasteiger partial charge in [0.15, 0.2) is 7.29 Å². The highest BCUT2D eigenvalue weighted by molar-refractivity contribution is 7.68. The molecule has 4 rings (SSSR count). The van der Waals surface area contributed by atoms with E-state index < -0.39 is 7.29 Å². The van der Waals surface area contributed by atoms with E-state index >= 15 is 0 Å². The average molecular weight is 373 g/mol. The molecule has 0 radical (unpaired) electrons. The molecule has 0 atom stereocenters. The number of benzene rings is 3. The molecule has 0 aromatic heterocycles. The van der Waals surface area contributed by atoms with E-state index in [4.69, 9.17) is 4.74 Å². The molecular weight excluding hydrogens is 353 g/mol. The van der Waals surface area contributed by atoms with Gasteiger partial charge in [0.25, 0.3) is 0 Å². The van der Waals surface area contributed by atoms with E-state index in [0.717, 1.165) is 16.7 Å². The minimum atomic E-state index is -2.92. The third-order valence-electron chi connectivity index (χ3n) is 4.33. The molecular formula is C23H20NO2P. The van der Waals surface area contributed by atoms with Crippen LogP contribution in [0.25, 0.3) is 11.5 Å². The summed E-state index contributed by atoms with van der Waals surface area (Å²) >= 11 is 0. The van der Waals surface area contributed by atoms with Crippen LogP contribution in [0.2, 0.25) is 0 Å². The maximum atomic E-state index is 13.6. The predicted molar refractivity (Wildman–Crippen MR) is 111 cm³/mol. The molecule has 1 N–H and O–H groups in total. The van der Waals surface area contributed by atoms with Gasteiger partial charge < -0.3 is 4.74 Å². The molecule has 0 saturated heterocycles. The normalized spacial score (nSPS) is 15.4. The first kappa shape index (κ1) is 17.5. The minimum absolute atomic E-state index is 0.523. The predicted octanol–water partition coefficient (Wildman–Crippen LogP) is 6.08. The van der Waals surface area contributed by atoms with Crippen molar-refractivity contribution in [3.63, 3.8) is 0 Å². The molecule has 0 unspecified atom stereocenters. The summed E-state index contributed by atoms with van der Waals surface area (Å²) in [5, 5.41) is 3.24. The van der Waals surface area contributed by atoms with Crippen LogP contribution >= 0.6 is 7.29 Å². The van der Waals surface area contributed by atoms with Gasteiger partial charge in [-0.1, -0.05) is 91.0 Å². The van der Waals surface area contributed by atoms with E-state index in [0.29, 0.717) is 18.1 Å². The van der Waals surface area contributed by atoms with Gasteiger partial charge >= 0.3 is 0 Å². The highest BCUT2D eigenvalue weighted by atomic mass is 31.2. The zero-order valence-electron chi connectivity index (χ0n) is 14.8. The van der Waals surface area contributed by atoms with Gasteiger partial charge in [-0.3, -0.25) is 9.65 Å². The fraction of sp³-hybridized carbons (Fsp3) is 0.0435. The largest absolute Gasteiger partial charge is 0.456 e. The van der Waals surface area contributed by atoms with Crippen molar-refractivity contribution < 1.29 is 9.30 Å². The topological polar surface area (TPSA) is 38.3 Å². The molecule has 0 bridgehead atoms. The second-order valence-electron chi connectivity index (χ2n) is 6.35. The van der Waals surface area contributed by atoms with E-state index in [-0.39, 0.29) is 0 Å². The fourth-order valence-corrected chi connectivity index (χ4v) is 4.72. The SMILES string of the molecule is O=P1(NCc2ccccc2)C=C(c2ccccc2)OC(c2ccccc2)=C1. The number of ether oxygens (including phenoxy) is 1. The molecule has 0 amide bonds. The Morgan fingerprint density at radius 3 is 1.59 bits per heavy atom. The van der Waals surface area contributed by atoms with Crippen LogP contribution in [-0.2, 0) is 15.8 Å². The second-order valence-corrected chi connectivity index (χ2v) is 8.60. The Hall–Kier alpha value is -2.87. The first-order chi connectivity index (χ1) is 13.2. The van der Waals surface area contributed by atoms with Crippen LogP contribution in [0.4, 0.5) is 0 Å². The van der Waals surface area contributed by atoms with Crippen LogP contribution < -0.4 is 5.09 Å². The van der Waals surface area contributed by atoms with Gasteiger partial charge in [0.2, 0.25) is 0 Å². The molecule has 1 aliphatic heterocycles. The third-order valence-corrected chi connectivity index (χ3v) is 6.22. The summed E-state index contributed by atoms with van der Waals surface area (Å²) in [4.78, 5) is 0. The Morgan fingerprint density at radius 1 is 0.667 bits per heavy atom. The van der Waals surface area contributed by atoms with Gasteiger partial charge in [0.05, 0.1) is 0 Å². The van der Waals surface area contributed by atoms with Gasteiger partial charge in [-0.2, -0.15) is 0 Å². The first-order valence-electron chi connectivity index (χ1n) is 8.85. The fourth-order valence-electron chi connectivity index (χ4n) is 2.93. The number of nitrogens with one attached hydrogen (secondary N) is 1. The molecule has 0 fully saturated rings. The Balaban J connectivity index is 1.69. The van der Waals surface area contributed by atoms with Crippen molar-refractivity contribution in [1.29, 1.82) is 0 Å². The second kappa shape index (κ2) is 7.79. The highest BCUT2D eigenvalue weighted by Crippen LogP contribution is 2.53. The van der Waals surface area contributed by atoms with Crippen molar-refractivity contribution in [3.8, 4) is 0 Å². The molecule has 0 saturated carbocycles. The van der Waals surface area contributed by atoms with E-state index in [1.807, 2.05) is 91.0 Å². The van der Waals surface area contributed by atoms with Crippen LogP contribution in [-0.4, -0.2) is 0 Å². The Bertz CT molecular complexity index is 953. The molecule has 1 aliphatic rings. The highest BCUT2D eigenvalue weighted by Gasteiger charge is 2.26. The van der Waals surface area contributed by atoms with Gasteiger partial charge in [-0.15, -0.1) is 0 Å². The quantitative estimate of drug-likeness (QED) is 0.551. The molecule has 3 aromatic carbocycles. The summed E-state index contributed by atoms with van der Waals surface area (Å²) < 4.78 is 19.7. The van der Waals surface area contributed by atoms with Gasteiger partial charge in [0, 0.05) is 29.3 Å². The van der Waals surface area contributed by atoms with Crippen molar-refractivity contribution >= 4 is 18.8 Å². The number of hydrogen-bond donors (Lipinski definition) is 1. The van der Waals surface area contributed by atoms with Crippen molar-refractivity contribution in [2.24, 2.45) is 0 Å². The molecule has 27 heavy (non-hydrogen) atoms. The van der Waals surface area contributed by atoms with Crippen molar-refractivity contribution in [3.05, 3.63) is 119 Å². The Morgan fingerprint density at radius 2 is 1.11 bits per heavy atom. The van der Waals surface area contributed by atoms with E-state index in [2.05, 4.69) is 5.09 Å². The Kier molecular flexibility index (Phi) is 5.06. The lowest BCUT2D eigenvalue weighted by atomic mass is 10.2. The summed E-state index contributed by atoms with van der Waals surface area (Å²) in [6.07, 6.45) is 0. The standard InChI is InChI=1S/C23H20NO2P/c25-27(24-16-19-10-4-1-5-11-19)17-22(20-12-6-2-7-13-20)26-23(18-27)21-14-8-3-9-15-21/h1-15,17-18H,16H2,(H,24,25). The van der Waals surface area contributed by atoms with Crippen molar-refractivity contribution in [2.45, 2.75) is 6.54 Å². The number of rotatable bonds is 5. The molecule has 4 heteroatoms. The zero-order valence-corrected chi connectivity index (χ0v) is 15.7. The molecule has 0 aliphatic carbocycles. The van der Waals surface area contributed by atoms with Gasteiger partial charge in [-0.05, 0) is 5.56 Å². The smallest absolute Gasteiger partial charge is 0.198 e. The summed E-state index contributed by atoms with van der Waals surface area (Å²) in [6.45, 7) is 0.523. The first-order valence-corrected chi connectivity index (χ1v) is 10.7. The molecule has 0 spiro atoms. The molecule has 134 valence electrons. The van der Waals surface area contributed by atoms with Crippen LogP contribution in [0.1, 0.15) is 16.7 Å². The summed E-state index contributed by atoms with van der Waals surface area (Å²) in [5.74, 6) is 4.66. The average Bonchev–Trinajstić information content (AvgIpc) is 2.74. The molecule has 3 nitrogen and oxygen atoms in total. The maximum absolute atomic E-state index is 13.6. The van der Waals surface area contributed by atoms with Crippen molar-refractivity contribution in [1.82, 2.24) is 5.09 Å². The summed E-state index contributed by atoms with van der Waals surface area (Å²) in [6, 6.07) is 29.5. The van der Waals surface area contributed by atoms with E-state index in [1.165, 1.54) is 0 Å². The summed E-state index contributed by atoms with van der Waals surface area (Å²) in [5.41, 5.74) is 2.89.